The molecular weight excluding hydrogens is 416 g/mol. The number of carbonyl (C=O) groups excluding carboxylic acids is 1. The fraction of sp³-hybridized carbons (Fsp3) is 0.174. The van der Waals surface area contributed by atoms with Crippen LogP contribution in [0.1, 0.15) is 15.2 Å². The van der Waals surface area contributed by atoms with Gasteiger partial charge in [0, 0.05) is 37.2 Å². The molecule has 3 aromatic rings. The first-order valence-corrected chi connectivity index (χ1v) is 12.1. The highest BCUT2D eigenvalue weighted by Gasteiger charge is 2.29. The molecule has 0 bridgehead atoms. The third kappa shape index (κ3) is 4.53. The molecule has 1 fully saturated rings. The second kappa shape index (κ2) is 8.95. The van der Waals surface area contributed by atoms with Crippen LogP contribution in [0.15, 0.2) is 77.5 Å². The van der Waals surface area contributed by atoms with Crippen LogP contribution in [-0.4, -0.2) is 49.7 Å². The minimum Gasteiger partial charge on any atom is -0.335 e. The number of hydrogen-bond acceptors (Lipinski definition) is 4. The number of carbonyl (C=O) groups is 1. The Labute approximate surface area is 180 Å². The Bertz CT molecular complexity index is 1130. The summed E-state index contributed by atoms with van der Waals surface area (Å²) < 4.78 is 26.7. The van der Waals surface area contributed by atoms with Crippen LogP contribution in [0.4, 0.5) is 0 Å². The molecule has 1 amide bonds. The van der Waals surface area contributed by atoms with E-state index in [1.807, 2.05) is 72.1 Å². The minimum absolute atomic E-state index is 0.0410. The van der Waals surface area contributed by atoms with E-state index in [2.05, 4.69) is 0 Å². The Morgan fingerprint density at radius 1 is 0.867 bits per heavy atom. The molecule has 0 spiro atoms. The molecule has 1 aliphatic rings. The number of thiophene rings is 1. The first kappa shape index (κ1) is 20.5. The fourth-order valence-corrected chi connectivity index (χ4v) is 5.48. The van der Waals surface area contributed by atoms with Crippen LogP contribution in [0.2, 0.25) is 0 Å². The molecule has 0 aliphatic carbocycles. The second-order valence-corrected chi connectivity index (χ2v) is 9.71. The van der Waals surface area contributed by atoms with Crippen LogP contribution in [0, 0.1) is 0 Å². The maximum atomic E-state index is 13.1. The van der Waals surface area contributed by atoms with Crippen LogP contribution in [0.3, 0.4) is 0 Å². The van der Waals surface area contributed by atoms with Crippen LogP contribution in [-0.2, 0) is 10.0 Å². The lowest BCUT2D eigenvalue weighted by molar-refractivity contribution is 0.0704. The normalized spacial score (nSPS) is 15.5. The van der Waals surface area contributed by atoms with Crippen molar-refractivity contribution in [1.29, 1.82) is 0 Å². The second-order valence-electron chi connectivity index (χ2n) is 6.98. The molecule has 30 heavy (non-hydrogen) atoms. The Hall–Kier alpha value is -2.74. The Balaban J connectivity index is 1.42. The highest BCUT2D eigenvalue weighted by atomic mass is 32.2. The highest BCUT2D eigenvalue weighted by Crippen LogP contribution is 2.29. The van der Waals surface area contributed by atoms with E-state index in [-0.39, 0.29) is 5.91 Å². The van der Waals surface area contributed by atoms with Gasteiger partial charge in [-0.15, -0.1) is 11.3 Å². The molecule has 0 N–H and O–H groups in total. The molecule has 5 nitrogen and oxygen atoms in total. The summed E-state index contributed by atoms with van der Waals surface area (Å²) in [5.74, 6) is -0.0410. The van der Waals surface area contributed by atoms with E-state index in [0.717, 1.165) is 16.7 Å². The standard InChI is InChI=1S/C23H22N2O3S2/c26-23(22-21(11-17-29-22)20-9-5-2-6-10-20)24-13-15-25(16-14-24)30(27,28)18-12-19-7-3-1-4-8-19/h1-12,17-18H,13-16H2. The molecule has 1 saturated heterocycles. The zero-order valence-electron chi connectivity index (χ0n) is 16.3. The number of amides is 1. The van der Waals surface area contributed by atoms with E-state index < -0.39 is 10.0 Å². The number of nitrogens with zero attached hydrogens (tertiary/aromatic N) is 2. The van der Waals surface area contributed by atoms with Crippen molar-refractivity contribution in [2.45, 2.75) is 0 Å². The summed E-state index contributed by atoms with van der Waals surface area (Å²) in [5.41, 5.74) is 2.77. The predicted molar refractivity (Wildman–Crippen MR) is 122 cm³/mol. The van der Waals surface area contributed by atoms with E-state index in [1.165, 1.54) is 21.1 Å². The van der Waals surface area contributed by atoms with Crippen molar-refractivity contribution in [3.05, 3.63) is 88.0 Å². The maximum absolute atomic E-state index is 13.1. The van der Waals surface area contributed by atoms with Crippen molar-refractivity contribution < 1.29 is 13.2 Å². The van der Waals surface area contributed by atoms with Crippen LogP contribution in [0.5, 0.6) is 0 Å². The zero-order chi connectivity index (χ0) is 21.0. The predicted octanol–water partition coefficient (Wildman–Crippen LogP) is 4.17. The molecule has 2 heterocycles. The molecule has 7 heteroatoms. The van der Waals surface area contributed by atoms with Crippen LogP contribution < -0.4 is 0 Å². The minimum atomic E-state index is -3.52. The molecule has 0 atom stereocenters. The molecule has 4 rings (SSSR count). The van der Waals surface area contributed by atoms with Gasteiger partial charge in [0.25, 0.3) is 5.91 Å². The summed E-state index contributed by atoms with van der Waals surface area (Å²) >= 11 is 1.42. The lowest BCUT2D eigenvalue weighted by Crippen LogP contribution is -2.50. The fourth-order valence-electron chi connectivity index (χ4n) is 3.42. The van der Waals surface area contributed by atoms with Crippen molar-refractivity contribution in [3.8, 4) is 11.1 Å². The van der Waals surface area contributed by atoms with E-state index in [0.29, 0.717) is 31.1 Å². The largest absolute Gasteiger partial charge is 0.335 e. The molecule has 0 radical (unpaired) electrons. The molecule has 2 aromatic carbocycles. The Kier molecular flexibility index (Phi) is 6.13. The van der Waals surface area contributed by atoms with E-state index in [9.17, 15) is 13.2 Å². The Morgan fingerprint density at radius 3 is 2.17 bits per heavy atom. The molecule has 0 saturated carbocycles. The Morgan fingerprint density at radius 2 is 1.50 bits per heavy atom. The highest BCUT2D eigenvalue weighted by molar-refractivity contribution is 7.92. The van der Waals surface area contributed by atoms with Crippen LogP contribution in [0.25, 0.3) is 17.2 Å². The smallest absolute Gasteiger partial charge is 0.264 e. The van der Waals surface area contributed by atoms with Crippen molar-refractivity contribution in [1.82, 2.24) is 9.21 Å². The van der Waals surface area contributed by atoms with Gasteiger partial charge in [0.15, 0.2) is 0 Å². The number of sulfonamides is 1. The van der Waals surface area contributed by atoms with Gasteiger partial charge >= 0.3 is 0 Å². The SMILES string of the molecule is O=C(c1sccc1-c1ccccc1)N1CCN(S(=O)(=O)C=Cc2ccccc2)CC1. The van der Waals surface area contributed by atoms with Gasteiger partial charge in [-0.1, -0.05) is 60.7 Å². The first-order valence-electron chi connectivity index (χ1n) is 9.70. The van der Waals surface area contributed by atoms with Crippen molar-refractivity contribution >= 4 is 33.3 Å². The average Bonchev–Trinajstić information content (AvgIpc) is 3.29. The summed E-state index contributed by atoms with van der Waals surface area (Å²) in [6.07, 6.45) is 1.60. The van der Waals surface area contributed by atoms with Gasteiger partial charge in [-0.25, -0.2) is 8.42 Å². The quantitative estimate of drug-likeness (QED) is 0.601. The number of rotatable bonds is 5. The van der Waals surface area contributed by atoms with E-state index in [1.54, 1.807) is 11.0 Å². The first-order chi connectivity index (χ1) is 14.5. The van der Waals surface area contributed by atoms with Gasteiger partial charge in [-0.05, 0) is 28.6 Å². The average molecular weight is 439 g/mol. The summed E-state index contributed by atoms with van der Waals surface area (Å²) in [5, 5.41) is 3.16. The number of hydrogen-bond donors (Lipinski definition) is 0. The van der Waals surface area contributed by atoms with Crippen LogP contribution >= 0.6 is 11.3 Å². The molecule has 0 unspecified atom stereocenters. The summed E-state index contributed by atoms with van der Waals surface area (Å²) in [6, 6.07) is 21.1. The summed E-state index contributed by atoms with van der Waals surface area (Å²) in [6.45, 7) is 1.34. The topological polar surface area (TPSA) is 57.7 Å². The monoisotopic (exact) mass is 438 g/mol. The van der Waals surface area contributed by atoms with Gasteiger partial charge in [-0.3, -0.25) is 4.79 Å². The third-order valence-electron chi connectivity index (χ3n) is 5.06. The maximum Gasteiger partial charge on any atom is 0.264 e. The van der Waals surface area contributed by atoms with Gasteiger partial charge in [-0.2, -0.15) is 4.31 Å². The summed E-state index contributed by atoms with van der Waals surface area (Å²) in [7, 11) is -3.52. The molecule has 1 aromatic heterocycles. The van der Waals surface area contributed by atoms with Gasteiger partial charge in [0.05, 0.1) is 4.88 Å². The molecule has 154 valence electrons. The van der Waals surface area contributed by atoms with Gasteiger partial charge < -0.3 is 4.90 Å². The van der Waals surface area contributed by atoms with Crippen molar-refractivity contribution in [3.63, 3.8) is 0 Å². The van der Waals surface area contributed by atoms with Gasteiger partial charge in [0.2, 0.25) is 10.0 Å². The zero-order valence-corrected chi connectivity index (χ0v) is 18.0. The number of benzene rings is 2. The molecular formula is C23H22N2O3S2. The van der Waals surface area contributed by atoms with Gasteiger partial charge in [0.1, 0.15) is 0 Å². The van der Waals surface area contributed by atoms with Crippen molar-refractivity contribution in [2.75, 3.05) is 26.2 Å². The lowest BCUT2D eigenvalue weighted by atomic mass is 10.1. The van der Waals surface area contributed by atoms with E-state index in [4.69, 9.17) is 0 Å². The summed E-state index contributed by atoms with van der Waals surface area (Å²) in [4.78, 5) is 15.5. The number of piperazine rings is 1. The lowest BCUT2D eigenvalue weighted by Gasteiger charge is -2.33. The van der Waals surface area contributed by atoms with Crippen molar-refractivity contribution in [2.24, 2.45) is 0 Å². The third-order valence-corrected chi connectivity index (χ3v) is 7.53. The van der Waals surface area contributed by atoms with E-state index >= 15 is 0 Å². The molecule has 1 aliphatic heterocycles.